The maximum atomic E-state index is 12.2. The maximum absolute atomic E-state index is 12.2. The van der Waals surface area contributed by atoms with Crippen molar-refractivity contribution in [3.8, 4) is 0 Å². The number of nitrogens with one attached hydrogen (secondary N) is 3. The Morgan fingerprint density at radius 1 is 1.13 bits per heavy atom. The van der Waals surface area contributed by atoms with Crippen molar-refractivity contribution in [1.29, 1.82) is 0 Å². The van der Waals surface area contributed by atoms with Gasteiger partial charge in [0.05, 0.1) is 0 Å². The van der Waals surface area contributed by atoms with Gasteiger partial charge < -0.3 is 15.5 Å². The fourth-order valence-corrected chi connectivity index (χ4v) is 3.64. The van der Waals surface area contributed by atoms with Gasteiger partial charge in [-0.2, -0.15) is 5.10 Å². The zero-order chi connectivity index (χ0) is 22.0. The Balaban J connectivity index is 0.00000193. The van der Waals surface area contributed by atoms with E-state index < -0.39 is 5.41 Å². The molecule has 168 valence electrons. The number of carbonyl (C=O) groups is 1. The maximum Gasteiger partial charge on any atom is 0.229 e. The van der Waals surface area contributed by atoms with Crippen molar-refractivity contribution in [3.63, 3.8) is 0 Å². The molecule has 31 heavy (non-hydrogen) atoms. The van der Waals surface area contributed by atoms with Gasteiger partial charge in [-0.05, 0) is 49.4 Å². The van der Waals surface area contributed by atoms with E-state index in [1.54, 1.807) is 0 Å². The standard InChI is InChI=1S/C22H27N7OS.3H2/c1-14-12-18(28-27-14)24-17-13-19(29-10-5-11-29)26-21(25-17)31-16-8-6-15(7-9-16)23-20(30)22(2,3)4;;;/h6-9,12-13H,5,10-11H2,1-4H3,(H,23,30)(H2,24,25,26,27,28);3*1H. The molecule has 3 aromatic rings. The van der Waals surface area contributed by atoms with Gasteiger partial charge in [-0.25, -0.2) is 9.97 Å². The number of aromatic amines is 1. The van der Waals surface area contributed by atoms with E-state index in [1.165, 1.54) is 18.2 Å². The smallest absolute Gasteiger partial charge is 0.229 e. The second kappa shape index (κ2) is 8.58. The summed E-state index contributed by atoms with van der Waals surface area (Å²) in [5.74, 6) is 2.33. The Kier molecular flexibility index (Phi) is 5.86. The van der Waals surface area contributed by atoms with Crippen LogP contribution in [-0.2, 0) is 4.79 Å². The van der Waals surface area contributed by atoms with Crippen LogP contribution in [0, 0.1) is 12.3 Å². The van der Waals surface area contributed by atoms with Gasteiger partial charge in [0.25, 0.3) is 0 Å². The summed E-state index contributed by atoms with van der Waals surface area (Å²) >= 11 is 1.49. The van der Waals surface area contributed by atoms with Gasteiger partial charge in [-0.1, -0.05) is 20.8 Å². The Hall–Kier alpha value is -3.07. The Bertz CT molecular complexity index is 1080. The quantitative estimate of drug-likeness (QED) is 0.443. The first-order chi connectivity index (χ1) is 14.8. The molecule has 3 N–H and O–H groups in total. The molecule has 1 amide bonds. The molecule has 1 aliphatic heterocycles. The molecule has 0 unspecified atom stereocenters. The summed E-state index contributed by atoms with van der Waals surface area (Å²) in [6.07, 6.45) is 1.18. The fraction of sp³-hybridized carbons (Fsp3) is 0.364. The molecule has 0 spiro atoms. The summed E-state index contributed by atoms with van der Waals surface area (Å²) in [6, 6.07) is 11.6. The van der Waals surface area contributed by atoms with E-state index in [1.807, 2.05) is 64.1 Å². The largest absolute Gasteiger partial charge is 0.356 e. The zero-order valence-electron chi connectivity index (χ0n) is 18.2. The van der Waals surface area contributed by atoms with Crippen molar-refractivity contribution in [2.45, 2.75) is 44.2 Å². The third-order valence-electron chi connectivity index (χ3n) is 4.84. The first-order valence-corrected chi connectivity index (χ1v) is 11.1. The second-order valence-electron chi connectivity index (χ2n) is 8.63. The van der Waals surface area contributed by atoms with Gasteiger partial charge >= 0.3 is 0 Å². The molecule has 0 atom stereocenters. The van der Waals surface area contributed by atoms with Crippen LogP contribution in [0.2, 0.25) is 0 Å². The number of rotatable bonds is 6. The lowest BCUT2D eigenvalue weighted by molar-refractivity contribution is -0.123. The third kappa shape index (κ3) is 5.35. The van der Waals surface area contributed by atoms with E-state index in [2.05, 4.69) is 30.7 Å². The van der Waals surface area contributed by atoms with Gasteiger partial charge in [0.1, 0.15) is 11.6 Å². The highest BCUT2D eigenvalue weighted by Crippen LogP contribution is 2.31. The number of anilines is 4. The molecule has 1 aromatic carbocycles. The molecule has 0 aliphatic carbocycles. The van der Waals surface area contributed by atoms with Crippen LogP contribution in [0.4, 0.5) is 23.1 Å². The summed E-state index contributed by atoms with van der Waals surface area (Å²) in [5, 5.41) is 14.0. The van der Waals surface area contributed by atoms with Gasteiger partial charge in [-0.15, -0.1) is 0 Å². The van der Waals surface area contributed by atoms with Gasteiger partial charge in [0.2, 0.25) is 5.91 Å². The molecular weight excluding hydrogens is 410 g/mol. The van der Waals surface area contributed by atoms with Gasteiger partial charge in [0.15, 0.2) is 11.0 Å². The van der Waals surface area contributed by atoms with Crippen molar-refractivity contribution in [2.24, 2.45) is 5.41 Å². The van der Waals surface area contributed by atoms with Crippen LogP contribution >= 0.6 is 11.8 Å². The van der Waals surface area contributed by atoms with Gasteiger partial charge in [-0.3, -0.25) is 9.89 Å². The molecule has 3 heterocycles. The molecule has 1 aliphatic rings. The van der Waals surface area contributed by atoms with Crippen molar-refractivity contribution in [2.75, 3.05) is 28.6 Å². The number of benzene rings is 1. The summed E-state index contributed by atoms with van der Waals surface area (Å²) < 4.78 is 0. The van der Waals surface area contributed by atoms with E-state index in [-0.39, 0.29) is 10.2 Å². The highest BCUT2D eigenvalue weighted by atomic mass is 32.2. The van der Waals surface area contributed by atoms with Crippen LogP contribution in [0.1, 0.15) is 37.2 Å². The first-order valence-electron chi connectivity index (χ1n) is 10.3. The van der Waals surface area contributed by atoms with Crippen molar-refractivity contribution in [3.05, 3.63) is 42.1 Å². The van der Waals surface area contributed by atoms with E-state index in [9.17, 15) is 4.79 Å². The molecule has 0 radical (unpaired) electrons. The number of amides is 1. The summed E-state index contributed by atoms with van der Waals surface area (Å²) in [5.41, 5.74) is 1.32. The predicted octanol–water partition coefficient (Wildman–Crippen LogP) is 5.34. The molecule has 8 nitrogen and oxygen atoms in total. The zero-order valence-corrected chi connectivity index (χ0v) is 19.0. The number of hydrogen-bond acceptors (Lipinski definition) is 7. The second-order valence-corrected chi connectivity index (χ2v) is 9.67. The number of H-pyrrole nitrogens is 1. The summed E-state index contributed by atoms with van der Waals surface area (Å²) in [7, 11) is 0. The van der Waals surface area contributed by atoms with E-state index in [0.717, 1.165) is 41.0 Å². The Morgan fingerprint density at radius 3 is 2.45 bits per heavy atom. The summed E-state index contributed by atoms with van der Waals surface area (Å²) in [4.78, 5) is 24.8. The average Bonchev–Trinajstić information content (AvgIpc) is 3.05. The van der Waals surface area contributed by atoms with Crippen LogP contribution in [0.15, 0.2) is 46.5 Å². The normalized spacial score (nSPS) is 13.6. The van der Waals surface area contributed by atoms with E-state index in [4.69, 9.17) is 4.98 Å². The minimum atomic E-state index is -0.436. The number of nitrogens with zero attached hydrogens (tertiary/aromatic N) is 4. The third-order valence-corrected chi connectivity index (χ3v) is 5.71. The fourth-order valence-electron chi connectivity index (χ4n) is 2.87. The first kappa shape index (κ1) is 21.2. The molecule has 4 rings (SSSR count). The highest BCUT2D eigenvalue weighted by Gasteiger charge is 2.21. The van der Waals surface area contributed by atoms with Crippen molar-refractivity contribution >= 4 is 40.8 Å². The number of carbonyl (C=O) groups excluding carboxylic acids is 1. The average molecular weight is 444 g/mol. The lowest BCUT2D eigenvalue weighted by Crippen LogP contribution is -2.37. The van der Waals surface area contributed by atoms with E-state index >= 15 is 0 Å². The molecule has 1 saturated heterocycles. The van der Waals surface area contributed by atoms with Crippen molar-refractivity contribution in [1.82, 2.24) is 20.2 Å². The molecule has 2 aromatic heterocycles. The minimum Gasteiger partial charge on any atom is -0.356 e. The number of aromatic nitrogens is 4. The van der Waals surface area contributed by atoms with Crippen LogP contribution in [-0.4, -0.2) is 39.2 Å². The molecule has 1 fully saturated rings. The highest BCUT2D eigenvalue weighted by molar-refractivity contribution is 7.99. The topological polar surface area (TPSA) is 98.8 Å². The van der Waals surface area contributed by atoms with E-state index in [0.29, 0.717) is 11.0 Å². The number of aryl methyl sites for hydroxylation is 1. The monoisotopic (exact) mass is 443 g/mol. The lowest BCUT2D eigenvalue weighted by Gasteiger charge is -2.32. The Labute approximate surface area is 190 Å². The molecule has 0 bridgehead atoms. The van der Waals surface area contributed by atoms with Gasteiger partial charge in [0, 0.05) is 51.2 Å². The lowest BCUT2D eigenvalue weighted by atomic mass is 9.95. The minimum absolute atomic E-state index is 0. The molecule has 9 heteroatoms. The van der Waals surface area contributed by atoms with Crippen LogP contribution in [0.25, 0.3) is 0 Å². The van der Waals surface area contributed by atoms with Crippen LogP contribution in [0.5, 0.6) is 0 Å². The summed E-state index contributed by atoms with van der Waals surface area (Å²) in [6.45, 7) is 9.65. The SMILES string of the molecule is Cc1cc(Nc2cc(N3CCC3)nc(Sc3ccc(NC(=O)C(C)(C)C)cc3)n2)n[nH]1.[HH].[HH].[HH]. The number of hydrogen-bond donors (Lipinski definition) is 3. The van der Waals surface area contributed by atoms with Crippen LogP contribution < -0.4 is 15.5 Å². The molecular formula is C22H33N7OS. The molecule has 0 saturated carbocycles. The van der Waals surface area contributed by atoms with Crippen molar-refractivity contribution < 1.29 is 9.07 Å². The van der Waals surface area contributed by atoms with Crippen LogP contribution in [0.3, 0.4) is 0 Å². The Morgan fingerprint density at radius 2 is 1.87 bits per heavy atom. The predicted molar refractivity (Wildman–Crippen MR) is 130 cm³/mol.